The van der Waals surface area contributed by atoms with Gasteiger partial charge in [-0.1, -0.05) is 26.8 Å². The summed E-state index contributed by atoms with van der Waals surface area (Å²) in [7, 11) is 0. The van der Waals surface area contributed by atoms with Crippen molar-refractivity contribution in [3.8, 4) is 5.75 Å². The molecule has 1 aromatic heterocycles. The van der Waals surface area contributed by atoms with Crippen LogP contribution in [0.4, 0.5) is 15.9 Å². The van der Waals surface area contributed by atoms with Gasteiger partial charge < -0.3 is 14.7 Å². The molecule has 0 aliphatic rings. The largest absolute Gasteiger partial charge is 0.493 e. The minimum Gasteiger partial charge on any atom is -0.493 e. The minimum atomic E-state index is -1.00. The van der Waals surface area contributed by atoms with Crippen molar-refractivity contribution in [1.29, 1.82) is 0 Å². The van der Waals surface area contributed by atoms with Crippen LogP contribution in [0.25, 0.3) is 0 Å². The number of carboxylic acid groups (broad SMARTS) is 1. The first-order valence-electron chi connectivity index (χ1n) is 9.16. The zero-order valence-electron chi connectivity index (χ0n) is 16.3. The highest BCUT2D eigenvalue weighted by Crippen LogP contribution is 2.33. The van der Waals surface area contributed by atoms with Gasteiger partial charge in [-0.2, -0.15) is 0 Å². The van der Waals surface area contributed by atoms with Gasteiger partial charge in [0, 0.05) is 30.4 Å². The summed E-state index contributed by atoms with van der Waals surface area (Å²) >= 11 is 0. The first kappa shape index (κ1) is 20.7. The summed E-state index contributed by atoms with van der Waals surface area (Å²) in [6.07, 6.45) is 1.35. The highest BCUT2D eigenvalue weighted by Gasteiger charge is 2.15. The Hall–Kier alpha value is -2.63. The second kappa shape index (κ2) is 9.35. The van der Waals surface area contributed by atoms with Crippen LogP contribution in [0.1, 0.15) is 49.5 Å². The van der Waals surface area contributed by atoms with E-state index in [2.05, 4.69) is 18.8 Å². The highest BCUT2D eigenvalue weighted by atomic mass is 18.2. The van der Waals surface area contributed by atoms with Crippen molar-refractivity contribution in [3.05, 3.63) is 47.7 Å². The van der Waals surface area contributed by atoms with Crippen LogP contribution < -0.4 is 9.64 Å². The van der Waals surface area contributed by atoms with E-state index in [-0.39, 0.29) is 17.4 Å². The number of nitrogens with zero attached hydrogens (tertiary/aromatic N) is 2. The summed E-state index contributed by atoms with van der Waals surface area (Å²) in [4.78, 5) is 17.3. The van der Waals surface area contributed by atoms with Gasteiger partial charge in [-0.25, -0.2) is 9.78 Å². The van der Waals surface area contributed by atoms with Gasteiger partial charge in [0.05, 0.1) is 18.8 Å². The second-order valence-electron chi connectivity index (χ2n) is 6.90. The highest BCUT2D eigenvalue weighted by molar-refractivity contribution is 5.87. The number of anilines is 2. The predicted molar refractivity (Wildman–Crippen MR) is 105 cm³/mol. The van der Waals surface area contributed by atoms with Gasteiger partial charge in [0.1, 0.15) is 11.6 Å². The van der Waals surface area contributed by atoms with E-state index in [1.165, 1.54) is 12.3 Å². The smallest absolute Gasteiger partial charge is 0.337 e. The third kappa shape index (κ3) is 5.18. The van der Waals surface area contributed by atoms with E-state index in [0.29, 0.717) is 19.0 Å². The monoisotopic (exact) mass is 373 g/mol. The molecule has 1 unspecified atom stereocenters. The van der Waals surface area contributed by atoms with Crippen LogP contribution in [0.5, 0.6) is 5.75 Å². The Morgan fingerprint density at radius 1 is 1.26 bits per heavy atom. The summed E-state index contributed by atoms with van der Waals surface area (Å²) in [5.74, 6) is 0.501. The Labute approximate surface area is 159 Å². The van der Waals surface area contributed by atoms with E-state index < -0.39 is 12.6 Å². The van der Waals surface area contributed by atoms with Gasteiger partial charge in [0.2, 0.25) is 0 Å². The molecule has 0 saturated carbocycles. The van der Waals surface area contributed by atoms with Crippen molar-refractivity contribution < 1.29 is 19.0 Å². The minimum absolute atomic E-state index is 0.147. The first-order chi connectivity index (χ1) is 12.9. The molecule has 0 aliphatic carbocycles. The van der Waals surface area contributed by atoms with Gasteiger partial charge in [-0.3, -0.25) is 4.39 Å². The van der Waals surface area contributed by atoms with E-state index in [9.17, 15) is 9.18 Å². The normalized spacial score (nSPS) is 12.1. The molecule has 6 heteroatoms. The summed E-state index contributed by atoms with van der Waals surface area (Å²) in [6, 6.07) is 9.18. The van der Waals surface area contributed by atoms with E-state index in [4.69, 9.17) is 9.84 Å². The predicted octanol–water partition coefficient (Wildman–Crippen LogP) is 5.05. The summed E-state index contributed by atoms with van der Waals surface area (Å²) < 4.78 is 18.7. The summed E-state index contributed by atoms with van der Waals surface area (Å²) in [6.45, 7) is 8.53. The molecule has 2 rings (SSSR count). The maximum absolute atomic E-state index is 12.8. The lowest BCUT2D eigenvalue weighted by Crippen LogP contribution is -2.18. The topological polar surface area (TPSA) is 62.7 Å². The van der Waals surface area contributed by atoms with Crippen molar-refractivity contribution in [2.45, 2.75) is 33.6 Å². The fraction of sp³-hybridized carbons (Fsp3) is 0.429. The van der Waals surface area contributed by atoms with Crippen LogP contribution in [-0.2, 0) is 0 Å². The Morgan fingerprint density at radius 3 is 2.52 bits per heavy atom. The molecule has 1 heterocycles. The van der Waals surface area contributed by atoms with Crippen LogP contribution in [0, 0.1) is 5.92 Å². The Morgan fingerprint density at radius 2 is 2.00 bits per heavy atom. The van der Waals surface area contributed by atoms with Gasteiger partial charge >= 0.3 is 5.97 Å². The quantitative estimate of drug-likeness (QED) is 0.667. The molecule has 0 amide bonds. The van der Waals surface area contributed by atoms with E-state index >= 15 is 0 Å². The average molecular weight is 373 g/mol. The molecule has 146 valence electrons. The second-order valence-corrected chi connectivity index (χ2v) is 6.90. The van der Waals surface area contributed by atoms with Crippen molar-refractivity contribution >= 4 is 17.5 Å². The van der Waals surface area contributed by atoms with Gasteiger partial charge in [-0.15, -0.1) is 0 Å². The number of carbonyl (C=O) groups is 1. The lowest BCUT2D eigenvalue weighted by atomic mass is 10.0. The average Bonchev–Trinajstić information content (AvgIpc) is 2.67. The number of rotatable bonds is 9. The number of halogens is 1. The van der Waals surface area contributed by atoms with Crippen LogP contribution in [0.15, 0.2) is 36.5 Å². The van der Waals surface area contributed by atoms with Crippen LogP contribution in [0.3, 0.4) is 0 Å². The molecule has 0 radical (unpaired) electrons. The lowest BCUT2D eigenvalue weighted by Gasteiger charge is -2.24. The number of pyridine rings is 1. The van der Waals surface area contributed by atoms with Crippen molar-refractivity contribution in [1.82, 2.24) is 4.98 Å². The molecule has 5 nitrogen and oxygen atoms in total. The van der Waals surface area contributed by atoms with Gasteiger partial charge in [0.25, 0.3) is 0 Å². The van der Waals surface area contributed by atoms with Crippen molar-refractivity contribution in [2.75, 3.05) is 24.7 Å². The molecule has 2 aromatic rings. The maximum atomic E-state index is 12.8. The van der Waals surface area contributed by atoms with Gasteiger partial charge in [0.15, 0.2) is 0 Å². The summed E-state index contributed by atoms with van der Waals surface area (Å²) in [5, 5.41) is 9.03. The molecule has 0 saturated heterocycles. The summed E-state index contributed by atoms with van der Waals surface area (Å²) in [5.41, 5.74) is 2.10. The third-order valence-electron chi connectivity index (χ3n) is 4.31. The molecule has 0 bridgehead atoms. The van der Waals surface area contributed by atoms with Crippen LogP contribution in [-0.4, -0.2) is 35.9 Å². The maximum Gasteiger partial charge on any atom is 0.337 e. The Balaban J connectivity index is 2.35. The molecule has 0 aliphatic heterocycles. The molecule has 1 atom stereocenters. The van der Waals surface area contributed by atoms with Crippen LogP contribution in [0.2, 0.25) is 0 Å². The van der Waals surface area contributed by atoms with Crippen LogP contribution >= 0.6 is 0 Å². The zero-order valence-corrected chi connectivity index (χ0v) is 16.3. The SMILES string of the molecule is CCN(c1ccc(C(C)C)c(OCC(C)C[18F])c1)c1ccc(C(=O)O)cn1. The van der Waals surface area contributed by atoms with Crippen molar-refractivity contribution in [2.24, 2.45) is 5.92 Å². The zero-order chi connectivity index (χ0) is 20.0. The number of aromatic nitrogens is 1. The Bertz CT molecular complexity index is 763. The molecular weight excluding hydrogens is 346 g/mol. The Kier molecular flexibility index (Phi) is 7.16. The van der Waals surface area contributed by atoms with E-state index in [1.807, 2.05) is 36.9 Å². The molecule has 1 N–H and O–H groups in total. The first-order valence-corrected chi connectivity index (χ1v) is 9.16. The molecule has 0 fully saturated rings. The van der Waals surface area contributed by atoms with E-state index in [0.717, 1.165) is 17.0 Å². The fourth-order valence-electron chi connectivity index (χ4n) is 2.72. The van der Waals surface area contributed by atoms with Gasteiger partial charge in [-0.05, 0) is 36.6 Å². The number of carboxylic acids is 1. The number of hydrogen-bond acceptors (Lipinski definition) is 4. The number of ether oxygens (including phenoxy) is 1. The third-order valence-corrected chi connectivity index (χ3v) is 4.31. The number of aromatic carboxylic acids is 1. The molecule has 0 spiro atoms. The standard InChI is InChI=1S/C21H27FN2O3/c1-5-24(20-9-6-16(12-23-20)21(25)26)17-7-8-18(14(2)3)19(10-17)27-13-15(4)11-22/h6-10,12,14-15H,5,11,13H2,1-4H3,(H,25,26)/i22-1. The number of alkyl halides is 1. The van der Waals surface area contributed by atoms with Crippen molar-refractivity contribution in [3.63, 3.8) is 0 Å². The lowest BCUT2D eigenvalue weighted by molar-refractivity contribution is 0.0696. The van der Waals surface area contributed by atoms with E-state index in [1.54, 1.807) is 6.07 Å². The number of benzene rings is 1. The molecule has 27 heavy (non-hydrogen) atoms. The molecule has 1 aromatic carbocycles. The number of hydrogen-bond donors (Lipinski definition) is 1. The fourth-order valence-corrected chi connectivity index (χ4v) is 2.72. The molecular formula is C21H27FN2O3.